The van der Waals surface area contributed by atoms with E-state index in [-0.39, 0.29) is 23.3 Å². The van der Waals surface area contributed by atoms with Crippen molar-refractivity contribution < 1.29 is 22.0 Å². The van der Waals surface area contributed by atoms with Gasteiger partial charge in [-0.25, -0.2) is 12.8 Å². The van der Waals surface area contributed by atoms with Gasteiger partial charge in [-0.2, -0.15) is 4.31 Å². The number of aromatic nitrogens is 2. The van der Waals surface area contributed by atoms with Gasteiger partial charge >= 0.3 is 6.01 Å². The van der Waals surface area contributed by atoms with Gasteiger partial charge in [0.05, 0.1) is 4.90 Å². The second kappa shape index (κ2) is 8.54. The summed E-state index contributed by atoms with van der Waals surface area (Å²) in [5, 5.41) is 10.8. The molecule has 162 valence electrons. The lowest BCUT2D eigenvalue weighted by atomic mass is 10.2. The lowest BCUT2D eigenvalue weighted by molar-refractivity contribution is -0.119. The minimum atomic E-state index is -3.98. The summed E-state index contributed by atoms with van der Waals surface area (Å²) in [4.78, 5) is 12.7. The molecule has 1 atom stereocenters. The van der Waals surface area contributed by atoms with Crippen LogP contribution in [0, 0.1) is 5.82 Å². The van der Waals surface area contributed by atoms with E-state index in [4.69, 9.17) is 27.6 Å². The van der Waals surface area contributed by atoms with Crippen LogP contribution >= 0.6 is 23.2 Å². The van der Waals surface area contributed by atoms with Crippen LogP contribution in [0.5, 0.6) is 0 Å². The van der Waals surface area contributed by atoms with Crippen LogP contribution in [-0.2, 0) is 14.8 Å². The molecule has 1 amide bonds. The van der Waals surface area contributed by atoms with Gasteiger partial charge < -0.3 is 4.42 Å². The third-order valence-electron chi connectivity index (χ3n) is 4.69. The Bertz CT molecular complexity index is 1210. The van der Waals surface area contributed by atoms with Crippen LogP contribution in [-0.4, -0.2) is 41.4 Å². The molecule has 1 aliphatic heterocycles. The second-order valence-electron chi connectivity index (χ2n) is 6.79. The maximum absolute atomic E-state index is 13.2. The fourth-order valence-electron chi connectivity index (χ4n) is 3.29. The SMILES string of the molecule is O=C(Nc1nnc(-c2cc(Cl)cc(Cl)c2)o1)C1CCCN1S(=O)(=O)c1ccc(F)cc1. The highest BCUT2D eigenvalue weighted by Crippen LogP contribution is 2.29. The molecule has 1 aromatic heterocycles. The Morgan fingerprint density at radius 3 is 2.48 bits per heavy atom. The fourth-order valence-corrected chi connectivity index (χ4v) is 5.47. The highest BCUT2D eigenvalue weighted by Gasteiger charge is 2.40. The number of nitrogens with one attached hydrogen (secondary N) is 1. The molecule has 0 aliphatic carbocycles. The van der Waals surface area contributed by atoms with Gasteiger partial charge in [0, 0.05) is 22.2 Å². The van der Waals surface area contributed by atoms with Crippen molar-refractivity contribution in [3.8, 4) is 11.5 Å². The van der Waals surface area contributed by atoms with Crippen LogP contribution in [0.25, 0.3) is 11.5 Å². The summed E-state index contributed by atoms with van der Waals surface area (Å²) in [7, 11) is -3.98. The summed E-state index contributed by atoms with van der Waals surface area (Å²) >= 11 is 11.9. The van der Waals surface area contributed by atoms with Gasteiger partial charge in [-0.1, -0.05) is 28.3 Å². The van der Waals surface area contributed by atoms with E-state index in [0.717, 1.165) is 16.4 Å². The molecule has 1 aliphatic rings. The second-order valence-corrected chi connectivity index (χ2v) is 9.55. The van der Waals surface area contributed by atoms with Crippen molar-refractivity contribution >= 4 is 45.1 Å². The molecule has 2 heterocycles. The van der Waals surface area contributed by atoms with E-state index in [1.54, 1.807) is 18.2 Å². The number of carbonyl (C=O) groups excluding carboxylic acids is 1. The van der Waals surface area contributed by atoms with Crippen molar-refractivity contribution in [2.75, 3.05) is 11.9 Å². The molecule has 1 unspecified atom stereocenters. The van der Waals surface area contributed by atoms with Crippen molar-refractivity contribution in [1.29, 1.82) is 0 Å². The largest absolute Gasteiger partial charge is 0.403 e. The normalized spacial score (nSPS) is 17.1. The molecule has 8 nitrogen and oxygen atoms in total. The standard InChI is InChI=1S/C19H15Cl2FN4O4S/c20-12-8-11(9-13(21)10-12)18-24-25-19(30-18)23-17(27)16-2-1-7-26(16)31(28,29)15-5-3-14(22)4-6-15/h3-6,8-10,16H,1-2,7H2,(H,23,25,27). The summed E-state index contributed by atoms with van der Waals surface area (Å²) in [6.45, 7) is 0.161. The third kappa shape index (κ3) is 4.57. The number of rotatable bonds is 5. The maximum Gasteiger partial charge on any atom is 0.322 e. The fraction of sp³-hybridized carbons (Fsp3) is 0.211. The molecule has 0 spiro atoms. The quantitative estimate of drug-likeness (QED) is 0.587. The van der Waals surface area contributed by atoms with Crippen molar-refractivity contribution in [2.24, 2.45) is 0 Å². The van der Waals surface area contributed by atoms with Crippen LogP contribution < -0.4 is 5.32 Å². The van der Waals surface area contributed by atoms with Gasteiger partial charge in [0.25, 0.3) is 0 Å². The first-order valence-electron chi connectivity index (χ1n) is 9.12. The molecule has 0 bridgehead atoms. The zero-order valence-corrected chi connectivity index (χ0v) is 18.1. The topological polar surface area (TPSA) is 105 Å². The molecule has 1 fully saturated rings. The number of halogens is 3. The van der Waals surface area contributed by atoms with Gasteiger partial charge in [0.2, 0.25) is 21.8 Å². The summed E-state index contributed by atoms with van der Waals surface area (Å²) < 4.78 is 45.5. The smallest absolute Gasteiger partial charge is 0.322 e. The molecule has 1 N–H and O–H groups in total. The Morgan fingerprint density at radius 2 is 1.81 bits per heavy atom. The number of amides is 1. The molecular weight excluding hydrogens is 470 g/mol. The number of carbonyl (C=O) groups is 1. The van der Waals surface area contributed by atoms with Gasteiger partial charge in [-0.05, 0) is 55.3 Å². The van der Waals surface area contributed by atoms with Crippen LogP contribution in [0.2, 0.25) is 10.0 Å². The third-order valence-corrected chi connectivity index (χ3v) is 7.05. The van der Waals surface area contributed by atoms with Crippen LogP contribution in [0.3, 0.4) is 0 Å². The summed E-state index contributed by atoms with van der Waals surface area (Å²) in [6.07, 6.45) is 0.811. The van der Waals surface area contributed by atoms with E-state index < -0.39 is 27.8 Å². The molecule has 31 heavy (non-hydrogen) atoms. The van der Waals surface area contributed by atoms with Crippen molar-refractivity contribution in [3.63, 3.8) is 0 Å². The van der Waals surface area contributed by atoms with Gasteiger partial charge in [0.1, 0.15) is 11.9 Å². The molecular formula is C19H15Cl2FN4O4S. The molecule has 2 aromatic carbocycles. The first-order chi connectivity index (χ1) is 14.7. The highest BCUT2D eigenvalue weighted by molar-refractivity contribution is 7.89. The molecule has 0 saturated carbocycles. The molecule has 1 saturated heterocycles. The van der Waals surface area contributed by atoms with Crippen LogP contribution in [0.4, 0.5) is 10.4 Å². The molecule has 4 rings (SSSR count). The van der Waals surface area contributed by atoms with Crippen molar-refractivity contribution in [1.82, 2.24) is 14.5 Å². The predicted molar refractivity (Wildman–Crippen MR) is 112 cm³/mol. The van der Waals surface area contributed by atoms with E-state index in [2.05, 4.69) is 15.5 Å². The average Bonchev–Trinajstić information content (AvgIpc) is 3.37. The Hall–Kier alpha value is -2.53. The number of anilines is 1. The van der Waals surface area contributed by atoms with E-state index in [1.807, 2.05) is 0 Å². The van der Waals surface area contributed by atoms with Crippen molar-refractivity contribution in [3.05, 3.63) is 58.3 Å². The first kappa shape index (κ1) is 21.7. The minimum Gasteiger partial charge on any atom is -0.403 e. The van der Waals surface area contributed by atoms with Gasteiger partial charge in [0.15, 0.2) is 0 Å². The first-order valence-corrected chi connectivity index (χ1v) is 11.3. The molecule has 12 heteroatoms. The lowest BCUT2D eigenvalue weighted by Gasteiger charge is -2.22. The summed E-state index contributed by atoms with van der Waals surface area (Å²) in [5.41, 5.74) is 0.465. The zero-order chi connectivity index (χ0) is 22.2. The average molecular weight is 485 g/mol. The van der Waals surface area contributed by atoms with Crippen LogP contribution in [0.15, 0.2) is 51.8 Å². The van der Waals surface area contributed by atoms with Crippen molar-refractivity contribution in [2.45, 2.75) is 23.8 Å². The Labute approximate surface area is 187 Å². The molecule has 3 aromatic rings. The van der Waals surface area contributed by atoms with E-state index in [9.17, 15) is 17.6 Å². The van der Waals surface area contributed by atoms with E-state index >= 15 is 0 Å². The highest BCUT2D eigenvalue weighted by atomic mass is 35.5. The zero-order valence-electron chi connectivity index (χ0n) is 15.8. The van der Waals surface area contributed by atoms with E-state index in [0.29, 0.717) is 28.5 Å². The van der Waals surface area contributed by atoms with Crippen LogP contribution in [0.1, 0.15) is 12.8 Å². The maximum atomic E-state index is 13.2. The van der Waals surface area contributed by atoms with E-state index in [1.165, 1.54) is 12.1 Å². The predicted octanol–water partition coefficient (Wildman–Crippen LogP) is 3.97. The summed E-state index contributed by atoms with van der Waals surface area (Å²) in [6, 6.07) is 7.97. The van der Waals surface area contributed by atoms with Gasteiger partial charge in [-0.3, -0.25) is 10.1 Å². The number of hydrogen-bond donors (Lipinski definition) is 1. The van der Waals surface area contributed by atoms with Gasteiger partial charge in [-0.15, -0.1) is 5.10 Å². The summed E-state index contributed by atoms with van der Waals surface area (Å²) in [5.74, 6) is -1.08. The lowest BCUT2D eigenvalue weighted by Crippen LogP contribution is -2.43. The number of hydrogen-bond acceptors (Lipinski definition) is 6. The Morgan fingerprint density at radius 1 is 1.13 bits per heavy atom. The number of sulfonamides is 1. The monoisotopic (exact) mass is 484 g/mol. The molecule has 0 radical (unpaired) electrons. The minimum absolute atomic E-state index is 0.0851. The number of benzene rings is 2. The Kier molecular flexibility index (Phi) is 5.98. The number of nitrogens with zero attached hydrogens (tertiary/aromatic N) is 3. The Balaban J connectivity index is 1.52.